The van der Waals surface area contributed by atoms with Crippen LogP contribution in [0.1, 0.15) is 39.9 Å². The number of H-pyrrole nitrogens is 1. The first kappa shape index (κ1) is 19.3. The van der Waals surface area contributed by atoms with Crippen molar-refractivity contribution in [3.63, 3.8) is 0 Å². The highest BCUT2D eigenvalue weighted by Crippen LogP contribution is 2.18. The number of nitrogens with zero attached hydrogens (tertiary/aromatic N) is 2. The summed E-state index contributed by atoms with van der Waals surface area (Å²) in [6, 6.07) is 0.858. The Morgan fingerprint density at radius 1 is 1.09 bits per heavy atom. The Hall–Kier alpha value is -0.733. The van der Waals surface area contributed by atoms with E-state index < -0.39 is 8.80 Å². The van der Waals surface area contributed by atoms with Gasteiger partial charge in [0, 0.05) is 38.3 Å². The lowest BCUT2D eigenvalue weighted by atomic mass is 10.4. The summed E-state index contributed by atoms with van der Waals surface area (Å²) in [7, 11) is -2.50. The summed E-state index contributed by atoms with van der Waals surface area (Å²) in [5.41, 5.74) is 0. The highest BCUT2D eigenvalue weighted by atomic mass is 28.4. The van der Waals surface area contributed by atoms with Gasteiger partial charge in [-0.25, -0.2) is 4.98 Å². The smallest absolute Gasteiger partial charge is 0.374 e. The van der Waals surface area contributed by atoms with Gasteiger partial charge in [-0.1, -0.05) is 6.92 Å². The molecule has 1 heterocycles. The van der Waals surface area contributed by atoms with Gasteiger partial charge < -0.3 is 18.3 Å². The molecule has 1 aromatic rings. The average molecular weight is 330 g/mol. The van der Waals surface area contributed by atoms with E-state index in [1.807, 2.05) is 27.0 Å². The van der Waals surface area contributed by atoms with Crippen molar-refractivity contribution in [2.24, 2.45) is 0 Å². The Balaban J connectivity index is 2.48. The molecule has 0 aliphatic rings. The highest BCUT2D eigenvalue weighted by Gasteiger charge is 2.39. The van der Waals surface area contributed by atoms with Gasteiger partial charge in [-0.3, -0.25) is 4.90 Å². The molecule has 0 fully saturated rings. The van der Waals surface area contributed by atoms with Gasteiger partial charge in [-0.15, -0.1) is 0 Å². The minimum absolute atomic E-state index is 0.635. The summed E-state index contributed by atoms with van der Waals surface area (Å²) >= 11 is 0. The molecule has 0 aromatic carbocycles. The van der Waals surface area contributed by atoms with E-state index in [1.54, 1.807) is 6.20 Å². The van der Waals surface area contributed by atoms with Crippen LogP contribution >= 0.6 is 0 Å². The van der Waals surface area contributed by atoms with Crippen LogP contribution in [0.25, 0.3) is 0 Å². The van der Waals surface area contributed by atoms with Gasteiger partial charge in [-0.2, -0.15) is 0 Å². The molecule has 0 aliphatic heterocycles. The molecule has 0 aliphatic carbocycles. The molecule has 1 N–H and O–H groups in total. The van der Waals surface area contributed by atoms with Crippen LogP contribution in [0.5, 0.6) is 0 Å². The standard InChI is InChI=1S/C15H31N3O3Si/c1-5-18(14-15-16-10-11-17-15)12-9-13-22(19-6-2,20-7-3)21-8-4/h10-11H,5-9,12-14H2,1-4H3,(H,16,17). The summed E-state index contributed by atoms with van der Waals surface area (Å²) in [5.74, 6) is 1.00. The Morgan fingerprint density at radius 2 is 1.73 bits per heavy atom. The van der Waals surface area contributed by atoms with Crippen LogP contribution in [-0.4, -0.2) is 56.6 Å². The topological polar surface area (TPSA) is 59.6 Å². The second-order valence-electron chi connectivity index (χ2n) is 4.99. The lowest BCUT2D eigenvalue weighted by Crippen LogP contribution is -2.46. The molecule has 1 rings (SSSR count). The number of aromatic nitrogens is 2. The molecule has 0 saturated heterocycles. The minimum Gasteiger partial charge on any atom is -0.374 e. The third-order valence-corrected chi connectivity index (χ3v) is 6.58. The zero-order chi connectivity index (χ0) is 16.3. The maximum absolute atomic E-state index is 5.89. The largest absolute Gasteiger partial charge is 0.500 e. The monoisotopic (exact) mass is 329 g/mol. The number of hydrogen-bond acceptors (Lipinski definition) is 5. The Kier molecular flexibility index (Phi) is 9.57. The van der Waals surface area contributed by atoms with E-state index in [0.717, 1.165) is 37.9 Å². The molecule has 6 nitrogen and oxygen atoms in total. The van der Waals surface area contributed by atoms with Crippen LogP contribution in [0.15, 0.2) is 12.4 Å². The van der Waals surface area contributed by atoms with Crippen LogP contribution in [-0.2, 0) is 19.8 Å². The van der Waals surface area contributed by atoms with Gasteiger partial charge in [-0.05, 0) is 40.3 Å². The molecule has 0 bridgehead atoms. The Labute approximate surface area is 135 Å². The maximum atomic E-state index is 5.89. The third kappa shape index (κ3) is 6.58. The van der Waals surface area contributed by atoms with Crippen molar-refractivity contribution in [1.29, 1.82) is 0 Å². The van der Waals surface area contributed by atoms with Gasteiger partial charge in [0.15, 0.2) is 0 Å². The molecule has 0 unspecified atom stereocenters. The van der Waals surface area contributed by atoms with Crippen molar-refractivity contribution in [1.82, 2.24) is 14.9 Å². The third-order valence-electron chi connectivity index (χ3n) is 3.43. The summed E-state index contributed by atoms with van der Waals surface area (Å²) in [4.78, 5) is 9.80. The van der Waals surface area contributed by atoms with Crippen molar-refractivity contribution in [3.05, 3.63) is 18.2 Å². The highest BCUT2D eigenvalue weighted by molar-refractivity contribution is 6.60. The number of rotatable bonds is 13. The van der Waals surface area contributed by atoms with Crippen molar-refractivity contribution in [3.8, 4) is 0 Å². The normalized spacial score (nSPS) is 12.2. The molecular weight excluding hydrogens is 298 g/mol. The fourth-order valence-corrected chi connectivity index (χ4v) is 5.06. The molecule has 7 heteroatoms. The quantitative estimate of drug-likeness (QED) is 0.564. The van der Waals surface area contributed by atoms with Crippen LogP contribution in [0.3, 0.4) is 0 Å². The van der Waals surface area contributed by atoms with Crippen molar-refractivity contribution >= 4 is 8.80 Å². The number of imidazole rings is 1. The summed E-state index contributed by atoms with van der Waals surface area (Å²) in [5, 5.41) is 0. The molecule has 22 heavy (non-hydrogen) atoms. The molecule has 0 atom stereocenters. The lowest BCUT2D eigenvalue weighted by molar-refractivity contribution is 0.0698. The Bertz CT molecular complexity index is 359. The van der Waals surface area contributed by atoms with Crippen LogP contribution in [0.4, 0.5) is 0 Å². The molecule has 128 valence electrons. The van der Waals surface area contributed by atoms with Crippen molar-refractivity contribution in [2.75, 3.05) is 32.9 Å². The second kappa shape index (κ2) is 10.9. The second-order valence-corrected chi connectivity index (χ2v) is 7.72. The zero-order valence-corrected chi connectivity index (χ0v) is 15.4. The fraction of sp³-hybridized carbons (Fsp3) is 0.800. The first-order chi connectivity index (χ1) is 10.7. The van der Waals surface area contributed by atoms with Gasteiger partial charge in [0.2, 0.25) is 0 Å². The van der Waals surface area contributed by atoms with E-state index in [1.165, 1.54) is 0 Å². The van der Waals surface area contributed by atoms with Gasteiger partial charge in [0.25, 0.3) is 0 Å². The van der Waals surface area contributed by atoms with Gasteiger partial charge in [0.1, 0.15) is 5.82 Å². The van der Waals surface area contributed by atoms with E-state index in [0.29, 0.717) is 19.8 Å². The van der Waals surface area contributed by atoms with E-state index in [4.69, 9.17) is 13.3 Å². The predicted molar refractivity (Wildman–Crippen MR) is 89.6 cm³/mol. The average Bonchev–Trinajstić information content (AvgIpc) is 3.00. The molecular formula is C15H31N3O3Si. The maximum Gasteiger partial charge on any atom is 0.500 e. The predicted octanol–water partition coefficient (Wildman–Crippen LogP) is 2.67. The van der Waals surface area contributed by atoms with Crippen LogP contribution in [0.2, 0.25) is 6.04 Å². The summed E-state index contributed by atoms with van der Waals surface area (Å²) in [6.07, 6.45) is 4.65. The van der Waals surface area contributed by atoms with E-state index in [2.05, 4.69) is 21.8 Å². The van der Waals surface area contributed by atoms with Gasteiger partial charge in [0.05, 0.1) is 6.54 Å². The van der Waals surface area contributed by atoms with Gasteiger partial charge >= 0.3 is 8.80 Å². The lowest BCUT2D eigenvalue weighted by Gasteiger charge is -2.29. The zero-order valence-electron chi connectivity index (χ0n) is 14.4. The Morgan fingerprint density at radius 3 is 2.18 bits per heavy atom. The van der Waals surface area contributed by atoms with Crippen molar-refractivity contribution < 1.29 is 13.3 Å². The molecule has 1 aromatic heterocycles. The van der Waals surface area contributed by atoms with Crippen LogP contribution in [0, 0.1) is 0 Å². The fourth-order valence-electron chi connectivity index (χ4n) is 2.47. The molecule has 0 saturated carbocycles. The van der Waals surface area contributed by atoms with Crippen molar-refractivity contribution in [2.45, 2.75) is 46.7 Å². The SMILES string of the molecule is CCO[Si](CCCN(CC)Cc1ncc[nH]1)(OCC)OCC. The minimum atomic E-state index is -2.50. The number of hydrogen-bond donors (Lipinski definition) is 1. The number of nitrogens with one attached hydrogen (secondary N) is 1. The van der Waals surface area contributed by atoms with E-state index in [9.17, 15) is 0 Å². The molecule has 0 spiro atoms. The first-order valence-corrected chi connectivity index (χ1v) is 10.2. The molecule has 0 radical (unpaired) electrons. The van der Waals surface area contributed by atoms with Crippen LogP contribution < -0.4 is 0 Å². The number of aromatic amines is 1. The first-order valence-electron chi connectivity index (χ1n) is 8.32. The summed E-state index contributed by atoms with van der Waals surface area (Å²) < 4.78 is 17.7. The molecule has 0 amide bonds. The van der Waals surface area contributed by atoms with E-state index >= 15 is 0 Å². The summed E-state index contributed by atoms with van der Waals surface area (Å²) in [6.45, 7) is 12.9. The van der Waals surface area contributed by atoms with E-state index in [-0.39, 0.29) is 0 Å².